The molecule has 2 aromatic carbocycles. The predicted octanol–water partition coefficient (Wildman–Crippen LogP) is 4.91. The van der Waals surface area contributed by atoms with Crippen LogP contribution >= 0.6 is 0 Å². The number of alkyl halides is 3. The van der Waals surface area contributed by atoms with Crippen molar-refractivity contribution in [3.8, 4) is 28.5 Å². The lowest BCUT2D eigenvalue weighted by atomic mass is 10.2. The first-order chi connectivity index (χ1) is 10.5. The molecule has 0 saturated carbocycles. The number of halogens is 3. The fourth-order valence-electron chi connectivity index (χ4n) is 1.95. The highest BCUT2D eigenvalue weighted by Crippen LogP contribution is 2.28. The van der Waals surface area contributed by atoms with Crippen molar-refractivity contribution < 1.29 is 22.3 Å². The summed E-state index contributed by atoms with van der Waals surface area (Å²) >= 11 is 0. The molecule has 22 heavy (non-hydrogen) atoms. The van der Waals surface area contributed by atoms with Crippen LogP contribution in [0.2, 0.25) is 0 Å². The molecular weight excluding hydrogens is 295 g/mol. The summed E-state index contributed by atoms with van der Waals surface area (Å²) in [6.45, 7) is 0. The van der Waals surface area contributed by atoms with E-state index in [1.54, 1.807) is 0 Å². The van der Waals surface area contributed by atoms with Crippen LogP contribution < -0.4 is 4.74 Å². The summed E-state index contributed by atoms with van der Waals surface area (Å²) in [5, 5.41) is 0. The molecule has 3 rings (SSSR count). The second-order valence-electron chi connectivity index (χ2n) is 4.48. The standard InChI is InChI=1S/C16H10F3NO2/c17-16(18,19)22-13-8-6-12(7-9-13)15-20-14(10-21-15)11-4-2-1-3-5-11/h1-10H. The summed E-state index contributed by atoms with van der Waals surface area (Å²) < 4.78 is 45.5. The number of ether oxygens (including phenoxy) is 1. The normalized spacial score (nSPS) is 11.4. The van der Waals surface area contributed by atoms with Crippen molar-refractivity contribution in [1.29, 1.82) is 0 Å². The summed E-state index contributed by atoms with van der Waals surface area (Å²) in [7, 11) is 0. The van der Waals surface area contributed by atoms with Gasteiger partial charge >= 0.3 is 6.36 Å². The maximum atomic E-state index is 12.1. The van der Waals surface area contributed by atoms with Crippen molar-refractivity contribution in [2.24, 2.45) is 0 Å². The van der Waals surface area contributed by atoms with Gasteiger partial charge in [-0.2, -0.15) is 0 Å². The van der Waals surface area contributed by atoms with Crippen LogP contribution in [0, 0.1) is 0 Å². The van der Waals surface area contributed by atoms with Crippen LogP contribution in [-0.4, -0.2) is 11.3 Å². The summed E-state index contributed by atoms with van der Waals surface area (Å²) in [5.74, 6) is 0.0449. The molecule has 0 aliphatic rings. The molecule has 0 radical (unpaired) electrons. The average Bonchev–Trinajstić information content (AvgIpc) is 2.97. The van der Waals surface area contributed by atoms with Gasteiger partial charge in [-0.15, -0.1) is 13.2 Å². The maximum Gasteiger partial charge on any atom is 0.573 e. The van der Waals surface area contributed by atoms with Gasteiger partial charge in [0.2, 0.25) is 5.89 Å². The first-order valence-electron chi connectivity index (χ1n) is 6.38. The molecule has 1 aromatic heterocycles. The van der Waals surface area contributed by atoms with Gasteiger partial charge in [-0.1, -0.05) is 30.3 Å². The van der Waals surface area contributed by atoms with E-state index in [1.807, 2.05) is 30.3 Å². The lowest BCUT2D eigenvalue weighted by Crippen LogP contribution is -2.16. The topological polar surface area (TPSA) is 35.3 Å². The second kappa shape index (κ2) is 5.55. The third-order valence-corrected chi connectivity index (χ3v) is 2.91. The van der Waals surface area contributed by atoms with E-state index in [-0.39, 0.29) is 5.75 Å². The molecule has 0 unspecified atom stereocenters. The SMILES string of the molecule is FC(F)(F)Oc1ccc(-c2nc(-c3ccccc3)co2)cc1. The minimum absolute atomic E-state index is 0.286. The number of hydrogen-bond acceptors (Lipinski definition) is 3. The quantitative estimate of drug-likeness (QED) is 0.690. The lowest BCUT2D eigenvalue weighted by Gasteiger charge is -2.08. The molecule has 0 fully saturated rings. The third kappa shape index (κ3) is 3.28. The first-order valence-corrected chi connectivity index (χ1v) is 6.38. The maximum absolute atomic E-state index is 12.1. The molecular formula is C16H10F3NO2. The molecule has 0 aliphatic heterocycles. The number of nitrogens with zero attached hydrogens (tertiary/aromatic N) is 1. The number of oxazole rings is 1. The zero-order valence-electron chi connectivity index (χ0n) is 11.2. The largest absolute Gasteiger partial charge is 0.573 e. The Hall–Kier alpha value is -2.76. The zero-order chi connectivity index (χ0) is 15.6. The molecule has 0 atom stereocenters. The monoisotopic (exact) mass is 305 g/mol. The fraction of sp³-hybridized carbons (Fsp3) is 0.0625. The van der Waals surface area contributed by atoms with Crippen LogP contribution in [0.1, 0.15) is 0 Å². The molecule has 0 saturated heterocycles. The predicted molar refractivity (Wildman–Crippen MR) is 74.1 cm³/mol. The Labute approximate surface area is 124 Å². The highest BCUT2D eigenvalue weighted by Gasteiger charge is 2.31. The summed E-state index contributed by atoms with van der Waals surface area (Å²) in [6.07, 6.45) is -3.20. The van der Waals surface area contributed by atoms with Crippen LogP contribution in [-0.2, 0) is 0 Å². The highest BCUT2D eigenvalue weighted by atomic mass is 19.4. The molecule has 3 nitrogen and oxygen atoms in total. The van der Waals surface area contributed by atoms with Crippen LogP contribution in [0.5, 0.6) is 5.75 Å². The Morgan fingerprint density at radius 2 is 1.55 bits per heavy atom. The van der Waals surface area contributed by atoms with E-state index in [1.165, 1.54) is 30.5 Å². The molecule has 0 bridgehead atoms. The number of aromatic nitrogens is 1. The van der Waals surface area contributed by atoms with E-state index < -0.39 is 6.36 Å². The Kier molecular flexibility index (Phi) is 3.58. The first kappa shape index (κ1) is 14.2. The minimum Gasteiger partial charge on any atom is -0.444 e. The molecule has 0 N–H and O–H groups in total. The van der Waals surface area contributed by atoms with E-state index in [0.29, 0.717) is 17.1 Å². The van der Waals surface area contributed by atoms with Gasteiger partial charge in [0.25, 0.3) is 0 Å². The average molecular weight is 305 g/mol. The molecule has 0 amide bonds. The highest BCUT2D eigenvalue weighted by molar-refractivity contribution is 5.62. The van der Waals surface area contributed by atoms with Crippen molar-refractivity contribution >= 4 is 0 Å². The molecule has 112 valence electrons. The van der Waals surface area contributed by atoms with Gasteiger partial charge < -0.3 is 9.15 Å². The van der Waals surface area contributed by atoms with Gasteiger partial charge in [-0.3, -0.25) is 0 Å². The lowest BCUT2D eigenvalue weighted by molar-refractivity contribution is -0.274. The zero-order valence-corrected chi connectivity index (χ0v) is 11.2. The molecule has 3 aromatic rings. The minimum atomic E-state index is -4.70. The molecule has 0 aliphatic carbocycles. The Morgan fingerprint density at radius 1 is 0.864 bits per heavy atom. The van der Waals surface area contributed by atoms with E-state index in [9.17, 15) is 13.2 Å². The van der Waals surface area contributed by atoms with E-state index in [0.717, 1.165) is 5.56 Å². The van der Waals surface area contributed by atoms with Gasteiger partial charge in [0.15, 0.2) is 0 Å². The molecule has 1 heterocycles. The second-order valence-corrected chi connectivity index (χ2v) is 4.48. The van der Waals surface area contributed by atoms with Crippen molar-refractivity contribution in [3.05, 3.63) is 60.9 Å². The van der Waals surface area contributed by atoms with Crippen molar-refractivity contribution in [1.82, 2.24) is 4.98 Å². The Balaban J connectivity index is 1.82. The van der Waals surface area contributed by atoms with Crippen LogP contribution in [0.4, 0.5) is 13.2 Å². The van der Waals surface area contributed by atoms with E-state index in [2.05, 4.69) is 9.72 Å². The summed E-state index contributed by atoms with van der Waals surface area (Å²) in [6, 6.07) is 14.8. The third-order valence-electron chi connectivity index (χ3n) is 2.91. The summed E-state index contributed by atoms with van der Waals surface area (Å²) in [5.41, 5.74) is 2.12. The van der Waals surface area contributed by atoms with E-state index >= 15 is 0 Å². The van der Waals surface area contributed by atoms with Crippen LogP contribution in [0.15, 0.2) is 65.3 Å². The molecule has 6 heteroatoms. The van der Waals surface area contributed by atoms with Gasteiger partial charge in [0.1, 0.15) is 17.7 Å². The van der Waals surface area contributed by atoms with Crippen LogP contribution in [0.3, 0.4) is 0 Å². The van der Waals surface area contributed by atoms with Gasteiger partial charge in [0, 0.05) is 11.1 Å². The number of benzene rings is 2. The van der Waals surface area contributed by atoms with Gasteiger partial charge in [-0.05, 0) is 24.3 Å². The number of hydrogen-bond donors (Lipinski definition) is 0. The Bertz CT molecular complexity index is 749. The van der Waals surface area contributed by atoms with Crippen molar-refractivity contribution in [2.45, 2.75) is 6.36 Å². The Morgan fingerprint density at radius 3 is 2.18 bits per heavy atom. The number of rotatable bonds is 3. The van der Waals surface area contributed by atoms with Crippen molar-refractivity contribution in [3.63, 3.8) is 0 Å². The smallest absolute Gasteiger partial charge is 0.444 e. The van der Waals surface area contributed by atoms with Crippen LogP contribution in [0.25, 0.3) is 22.7 Å². The van der Waals surface area contributed by atoms with Crippen molar-refractivity contribution in [2.75, 3.05) is 0 Å². The molecule has 0 spiro atoms. The summed E-state index contributed by atoms with van der Waals surface area (Å²) in [4.78, 5) is 4.33. The van der Waals surface area contributed by atoms with E-state index in [4.69, 9.17) is 4.42 Å². The van der Waals surface area contributed by atoms with Gasteiger partial charge in [-0.25, -0.2) is 4.98 Å². The fourth-order valence-corrected chi connectivity index (χ4v) is 1.95. The van der Waals surface area contributed by atoms with Gasteiger partial charge in [0.05, 0.1) is 0 Å².